The van der Waals surface area contributed by atoms with Crippen LogP contribution in [-0.4, -0.2) is 46.8 Å². The van der Waals surface area contributed by atoms with Gasteiger partial charge in [0.1, 0.15) is 5.75 Å². The highest BCUT2D eigenvalue weighted by Gasteiger charge is 2.38. The average molecular weight is 487 g/mol. The number of hydrogen-bond donors (Lipinski definition) is 1. The molecule has 0 bridgehead atoms. The number of benzene rings is 2. The topological polar surface area (TPSA) is 100 Å². The fraction of sp³-hybridized carbons (Fsp3) is 0.217. The number of methoxy groups -OCH3 is 3. The first kappa shape index (κ1) is 23.8. The first-order chi connectivity index (χ1) is 16.7. The molecule has 182 valence electrons. The van der Waals surface area contributed by atoms with E-state index < -0.39 is 17.9 Å². The van der Waals surface area contributed by atoms with Gasteiger partial charge >= 0.3 is 6.18 Å². The highest BCUT2D eigenvalue weighted by molar-refractivity contribution is 6.06. The monoisotopic (exact) mass is 487 g/mol. The van der Waals surface area contributed by atoms with Crippen LogP contribution < -0.4 is 19.5 Å². The van der Waals surface area contributed by atoms with Crippen LogP contribution in [0.3, 0.4) is 0 Å². The first-order valence-corrected chi connectivity index (χ1v) is 10.2. The molecular formula is C23H20F3N5O4. The molecule has 4 aromatic rings. The lowest BCUT2D eigenvalue weighted by molar-refractivity contribution is -0.145. The molecular weight excluding hydrogens is 467 g/mol. The zero-order chi connectivity index (χ0) is 25.3. The quantitative estimate of drug-likeness (QED) is 0.430. The largest absolute Gasteiger partial charge is 0.496 e. The van der Waals surface area contributed by atoms with Gasteiger partial charge in [-0.2, -0.15) is 13.2 Å². The molecule has 0 spiro atoms. The number of amides is 1. The van der Waals surface area contributed by atoms with Gasteiger partial charge in [-0.25, -0.2) is 15.0 Å². The van der Waals surface area contributed by atoms with E-state index in [1.54, 1.807) is 19.1 Å². The minimum atomic E-state index is -4.72. The predicted octanol–water partition coefficient (Wildman–Crippen LogP) is 4.42. The molecule has 1 amide bonds. The SMILES string of the molecule is COc1cc(OC)c(C(=O)Nc2cnc(-n3c(C(F)(F)F)nc4cc(C)ccc43)cn2)cc1OC. The highest BCUT2D eigenvalue weighted by atomic mass is 19.4. The van der Waals surface area contributed by atoms with Crippen molar-refractivity contribution >= 4 is 22.8 Å². The number of alkyl halides is 3. The number of aryl methyl sites for hydroxylation is 1. The number of rotatable bonds is 6. The maximum Gasteiger partial charge on any atom is 0.450 e. The van der Waals surface area contributed by atoms with Crippen LogP contribution in [0.1, 0.15) is 21.7 Å². The average Bonchev–Trinajstić information content (AvgIpc) is 3.22. The Morgan fingerprint density at radius 3 is 2.23 bits per heavy atom. The Bertz CT molecular complexity index is 1400. The Hall–Kier alpha value is -4.35. The van der Waals surface area contributed by atoms with Crippen molar-refractivity contribution in [1.82, 2.24) is 19.5 Å². The van der Waals surface area contributed by atoms with E-state index in [-0.39, 0.29) is 34.0 Å². The van der Waals surface area contributed by atoms with Crippen LogP contribution in [0, 0.1) is 6.92 Å². The summed E-state index contributed by atoms with van der Waals surface area (Å²) in [5, 5.41) is 2.55. The second-order valence-electron chi connectivity index (χ2n) is 7.38. The third kappa shape index (κ3) is 4.54. The molecule has 2 heterocycles. The molecule has 0 fully saturated rings. The van der Waals surface area contributed by atoms with Crippen molar-refractivity contribution in [3.8, 4) is 23.1 Å². The van der Waals surface area contributed by atoms with Gasteiger partial charge in [-0.1, -0.05) is 6.07 Å². The number of halogens is 3. The highest BCUT2D eigenvalue weighted by Crippen LogP contribution is 2.35. The molecule has 1 N–H and O–H groups in total. The lowest BCUT2D eigenvalue weighted by atomic mass is 10.1. The summed E-state index contributed by atoms with van der Waals surface area (Å²) < 4.78 is 57.6. The summed E-state index contributed by atoms with van der Waals surface area (Å²) >= 11 is 0. The lowest BCUT2D eigenvalue weighted by Gasteiger charge is -2.14. The van der Waals surface area contributed by atoms with Gasteiger partial charge in [0.05, 0.1) is 50.3 Å². The number of nitrogens with zero attached hydrogens (tertiary/aromatic N) is 4. The number of fused-ring (bicyclic) bond motifs is 1. The zero-order valence-corrected chi connectivity index (χ0v) is 19.1. The Balaban J connectivity index is 1.67. The number of imidazole rings is 1. The van der Waals surface area contributed by atoms with Gasteiger partial charge in [-0.15, -0.1) is 0 Å². The molecule has 9 nitrogen and oxygen atoms in total. The summed E-state index contributed by atoms with van der Waals surface area (Å²) in [6.45, 7) is 1.76. The van der Waals surface area contributed by atoms with Gasteiger partial charge in [0.2, 0.25) is 5.82 Å². The predicted molar refractivity (Wildman–Crippen MR) is 120 cm³/mol. The van der Waals surface area contributed by atoms with E-state index in [9.17, 15) is 18.0 Å². The van der Waals surface area contributed by atoms with Crippen LogP contribution in [-0.2, 0) is 6.18 Å². The van der Waals surface area contributed by atoms with E-state index in [0.29, 0.717) is 11.5 Å². The third-order valence-corrected chi connectivity index (χ3v) is 5.12. The first-order valence-electron chi connectivity index (χ1n) is 10.2. The molecule has 0 saturated carbocycles. The second kappa shape index (κ2) is 9.12. The van der Waals surface area contributed by atoms with Crippen LogP contribution in [0.25, 0.3) is 16.9 Å². The Morgan fingerprint density at radius 1 is 0.943 bits per heavy atom. The summed E-state index contributed by atoms with van der Waals surface area (Å²) in [5.41, 5.74) is 1.30. The third-order valence-electron chi connectivity index (χ3n) is 5.12. The van der Waals surface area contributed by atoms with Crippen LogP contribution in [0.4, 0.5) is 19.0 Å². The van der Waals surface area contributed by atoms with Crippen LogP contribution in [0.5, 0.6) is 17.2 Å². The number of hydrogen-bond acceptors (Lipinski definition) is 7. The molecule has 0 aliphatic carbocycles. The molecule has 0 atom stereocenters. The molecule has 12 heteroatoms. The van der Waals surface area contributed by atoms with Gasteiger partial charge in [0.15, 0.2) is 23.1 Å². The van der Waals surface area contributed by atoms with Gasteiger partial charge in [0, 0.05) is 12.1 Å². The maximum absolute atomic E-state index is 13.7. The van der Waals surface area contributed by atoms with Gasteiger partial charge < -0.3 is 19.5 Å². The molecule has 2 aromatic heterocycles. The molecule has 0 radical (unpaired) electrons. The molecule has 0 unspecified atom stereocenters. The fourth-order valence-corrected chi connectivity index (χ4v) is 3.50. The Morgan fingerprint density at radius 2 is 1.63 bits per heavy atom. The van der Waals surface area contributed by atoms with E-state index in [0.717, 1.165) is 22.5 Å². The summed E-state index contributed by atoms with van der Waals surface area (Å²) in [4.78, 5) is 24.8. The van der Waals surface area contributed by atoms with E-state index in [1.165, 1.54) is 39.5 Å². The van der Waals surface area contributed by atoms with Gasteiger partial charge in [-0.3, -0.25) is 9.36 Å². The minimum Gasteiger partial charge on any atom is -0.496 e. The van der Waals surface area contributed by atoms with Crippen LogP contribution in [0.15, 0.2) is 42.7 Å². The zero-order valence-electron chi connectivity index (χ0n) is 19.1. The van der Waals surface area contributed by atoms with Crippen LogP contribution in [0.2, 0.25) is 0 Å². The molecule has 0 aliphatic heterocycles. The van der Waals surface area contributed by atoms with Crippen molar-refractivity contribution in [3.05, 3.63) is 59.7 Å². The maximum atomic E-state index is 13.7. The number of ether oxygens (including phenoxy) is 3. The van der Waals surface area contributed by atoms with E-state index >= 15 is 0 Å². The number of carbonyl (C=O) groups is 1. The number of carbonyl (C=O) groups excluding carboxylic acids is 1. The fourth-order valence-electron chi connectivity index (χ4n) is 3.50. The van der Waals surface area contributed by atoms with E-state index in [1.807, 2.05) is 0 Å². The summed E-state index contributed by atoms with van der Waals surface area (Å²) in [6, 6.07) is 7.70. The van der Waals surface area contributed by atoms with Gasteiger partial charge in [0.25, 0.3) is 5.91 Å². The normalized spacial score (nSPS) is 11.4. The summed E-state index contributed by atoms with van der Waals surface area (Å²) in [5.74, 6) is -0.909. The van der Waals surface area contributed by atoms with Crippen molar-refractivity contribution in [2.45, 2.75) is 13.1 Å². The smallest absolute Gasteiger partial charge is 0.450 e. The van der Waals surface area contributed by atoms with Crippen LogP contribution >= 0.6 is 0 Å². The number of anilines is 1. The van der Waals surface area contributed by atoms with Crippen molar-refractivity contribution in [2.24, 2.45) is 0 Å². The molecule has 35 heavy (non-hydrogen) atoms. The standard InChI is InChI=1S/C23H20F3N5O4/c1-12-5-6-15-14(7-12)29-22(23(24,25)26)31(15)20-11-27-19(10-28-20)30-21(32)13-8-17(34-3)18(35-4)9-16(13)33-2/h5-11H,1-4H3,(H,27,30,32). The molecule has 4 rings (SSSR count). The summed E-state index contributed by atoms with van der Waals surface area (Å²) in [6.07, 6.45) is -2.44. The Labute approximate surface area is 197 Å². The summed E-state index contributed by atoms with van der Waals surface area (Å²) in [7, 11) is 4.26. The van der Waals surface area contributed by atoms with Crippen molar-refractivity contribution in [2.75, 3.05) is 26.6 Å². The van der Waals surface area contributed by atoms with Crippen molar-refractivity contribution in [3.63, 3.8) is 0 Å². The van der Waals surface area contributed by atoms with E-state index in [2.05, 4.69) is 20.3 Å². The van der Waals surface area contributed by atoms with E-state index in [4.69, 9.17) is 14.2 Å². The second-order valence-corrected chi connectivity index (χ2v) is 7.38. The number of aromatic nitrogens is 4. The molecule has 0 aliphatic rings. The van der Waals surface area contributed by atoms with Gasteiger partial charge in [-0.05, 0) is 24.6 Å². The number of nitrogens with one attached hydrogen (secondary N) is 1. The molecule has 0 saturated heterocycles. The minimum absolute atomic E-state index is 0.0180. The lowest BCUT2D eigenvalue weighted by Crippen LogP contribution is -2.16. The van der Waals surface area contributed by atoms with Crippen molar-refractivity contribution < 1.29 is 32.2 Å². The van der Waals surface area contributed by atoms with Crippen molar-refractivity contribution in [1.29, 1.82) is 0 Å². The Kier molecular flexibility index (Phi) is 6.20. The molecule has 2 aromatic carbocycles.